The summed E-state index contributed by atoms with van der Waals surface area (Å²) < 4.78 is 17.3. The van der Waals surface area contributed by atoms with Gasteiger partial charge in [-0.25, -0.2) is 9.97 Å². The third-order valence-electron chi connectivity index (χ3n) is 10.9. The zero-order chi connectivity index (χ0) is 44.4. The Morgan fingerprint density at radius 3 is 2.27 bits per heavy atom. The average molecular weight is 865 g/mol. The second-order valence-electron chi connectivity index (χ2n) is 17.1. The minimum Gasteiger partial charge on any atom is -0.493 e. The molecule has 1 aliphatic rings. The smallest absolute Gasteiger partial charge is 0.246 e. The summed E-state index contributed by atoms with van der Waals surface area (Å²) in [6.07, 6.45) is 0.540. The topological polar surface area (TPSA) is 155 Å². The summed E-state index contributed by atoms with van der Waals surface area (Å²) in [5.74, 6) is -0.450. The van der Waals surface area contributed by atoms with E-state index in [2.05, 4.69) is 50.8 Å². The number of pyridine rings is 1. The number of carbonyl (C=O) groups is 3. The third kappa shape index (κ3) is 12.2. The predicted molar refractivity (Wildman–Crippen MR) is 244 cm³/mol. The maximum absolute atomic E-state index is 14.0. The number of ether oxygens (including phenoxy) is 3. The van der Waals surface area contributed by atoms with E-state index in [1.165, 1.54) is 4.90 Å². The van der Waals surface area contributed by atoms with E-state index in [9.17, 15) is 19.5 Å². The third-order valence-corrected chi connectivity index (χ3v) is 11.9. The van der Waals surface area contributed by atoms with Crippen LogP contribution in [-0.2, 0) is 23.9 Å². The average Bonchev–Trinajstić information content (AvgIpc) is 3.87. The SMILES string of the molecule is Cc1ncsc1-c1ccc([C@H](C)NC(=O)[C@@H]2C[C@@H](O)CN2C(=O)[C@@H](NC(=O)COCCCOCCCOc2ccc3nc(-c4ccc(N(C)C)cc4)ccc3c2)C(C)(C)C)cc1. The highest BCUT2D eigenvalue weighted by Gasteiger charge is 2.44. The van der Waals surface area contributed by atoms with Crippen molar-refractivity contribution in [3.8, 4) is 27.4 Å². The number of anilines is 1. The summed E-state index contributed by atoms with van der Waals surface area (Å²) in [4.78, 5) is 54.4. The largest absolute Gasteiger partial charge is 0.493 e. The molecule has 0 spiro atoms. The van der Waals surface area contributed by atoms with Gasteiger partial charge in [0, 0.05) is 69.9 Å². The minimum absolute atomic E-state index is 0.00475. The number of nitrogens with zero attached hydrogens (tertiary/aromatic N) is 4. The van der Waals surface area contributed by atoms with E-state index in [1.807, 2.05) is 103 Å². The first kappa shape index (κ1) is 46.1. The number of β-amino-alcohol motifs (C(OH)–C–C–N with tert-alkyl or cyclic N) is 1. The molecule has 3 aromatic carbocycles. The van der Waals surface area contributed by atoms with Gasteiger partial charge in [-0.1, -0.05) is 63.2 Å². The lowest BCUT2D eigenvalue weighted by Gasteiger charge is -2.35. The Hall–Kier alpha value is -5.41. The highest BCUT2D eigenvalue weighted by molar-refractivity contribution is 7.13. The summed E-state index contributed by atoms with van der Waals surface area (Å²) in [5.41, 5.74) is 8.11. The van der Waals surface area contributed by atoms with Crippen molar-refractivity contribution in [1.82, 2.24) is 25.5 Å². The molecule has 0 saturated carbocycles. The highest BCUT2D eigenvalue weighted by atomic mass is 32.1. The maximum atomic E-state index is 14.0. The van der Waals surface area contributed by atoms with Gasteiger partial charge in [-0.2, -0.15) is 0 Å². The number of hydrogen-bond donors (Lipinski definition) is 3. The maximum Gasteiger partial charge on any atom is 0.246 e. The van der Waals surface area contributed by atoms with E-state index in [-0.39, 0.29) is 31.5 Å². The Morgan fingerprint density at radius 2 is 1.60 bits per heavy atom. The van der Waals surface area contributed by atoms with Gasteiger partial charge in [0.1, 0.15) is 24.4 Å². The van der Waals surface area contributed by atoms with Gasteiger partial charge in [0.05, 0.1) is 46.0 Å². The Morgan fingerprint density at radius 1 is 0.903 bits per heavy atom. The number of thiazole rings is 1. The lowest BCUT2D eigenvalue weighted by molar-refractivity contribution is -0.144. The molecular formula is C48H60N6O7S. The molecule has 1 aliphatic heterocycles. The van der Waals surface area contributed by atoms with Gasteiger partial charge < -0.3 is 39.8 Å². The van der Waals surface area contributed by atoms with Crippen LogP contribution in [0, 0.1) is 12.3 Å². The Balaban J connectivity index is 0.879. The molecule has 0 aliphatic carbocycles. The molecule has 62 heavy (non-hydrogen) atoms. The van der Waals surface area contributed by atoms with Crippen LogP contribution in [0.25, 0.3) is 32.6 Å². The molecule has 3 N–H and O–H groups in total. The van der Waals surface area contributed by atoms with E-state index in [4.69, 9.17) is 19.2 Å². The monoisotopic (exact) mass is 864 g/mol. The fraction of sp³-hybridized carbons (Fsp3) is 0.438. The number of aryl methyl sites for hydroxylation is 1. The van der Waals surface area contributed by atoms with Crippen LogP contribution in [0.5, 0.6) is 5.75 Å². The molecule has 4 atom stereocenters. The van der Waals surface area contributed by atoms with Gasteiger partial charge in [0.15, 0.2) is 0 Å². The molecule has 1 fully saturated rings. The van der Waals surface area contributed by atoms with Crippen molar-refractivity contribution in [2.75, 3.05) is 58.6 Å². The standard InChI is InChI=1S/C48H60N6O7S/c1-31(33-10-12-35(13-11-33)44-32(2)49-30-62-44)50-46(57)42-27-38(55)28-54(42)47(58)45(48(3,4)5)52-43(56)29-60-24-8-22-59-23-9-25-61-39-19-21-41-36(26-39)16-20-40(51-41)34-14-17-37(18-15-34)53(6)7/h10-21,26,30-31,38,42,45,55H,8-9,22-25,27-29H2,1-7H3,(H,50,57)(H,52,56)/t31-,38+,42-,45+/m0/s1. The number of aromatic nitrogens is 2. The molecule has 2 aromatic heterocycles. The van der Waals surface area contributed by atoms with Crippen LogP contribution in [0.1, 0.15) is 64.3 Å². The predicted octanol–water partition coefficient (Wildman–Crippen LogP) is 6.96. The molecule has 0 unspecified atom stereocenters. The van der Waals surface area contributed by atoms with Gasteiger partial charge in [-0.3, -0.25) is 14.4 Å². The first-order chi connectivity index (χ1) is 29.7. The van der Waals surface area contributed by atoms with E-state index < -0.39 is 35.4 Å². The number of benzene rings is 3. The first-order valence-corrected chi connectivity index (χ1v) is 22.1. The van der Waals surface area contributed by atoms with Crippen LogP contribution in [0.3, 0.4) is 0 Å². The zero-order valence-corrected chi connectivity index (χ0v) is 37.7. The van der Waals surface area contributed by atoms with Crippen molar-refractivity contribution in [3.05, 3.63) is 95.6 Å². The molecule has 3 heterocycles. The molecule has 3 amide bonds. The second kappa shape index (κ2) is 21.1. The molecule has 5 aromatic rings. The Labute approximate surface area is 368 Å². The van der Waals surface area contributed by atoms with Crippen molar-refractivity contribution in [2.45, 2.75) is 78.1 Å². The van der Waals surface area contributed by atoms with Gasteiger partial charge in [0.25, 0.3) is 0 Å². The summed E-state index contributed by atoms with van der Waals surface area (Å²) in [7, 11) is 4.05. The van der Waals surface area contributed by atoms with Crippen LogP contribution in [-0.4, -0.2) is 110 Å². The van der Waals surface area contributed by atoms with Crippen LogP contribution in [0.2, 0.25) is 0 Å². The normalized spacial score (nSPS) is 16.2. The number of aliphatic hydroxyl groups excluding tert-OH is 1. The minimum atomic E-state index is -0.944. The lowest BCUT2D eigenvalue weighted by atomic mass is 9.85. The van der Waals surface area contributed by atoms with Crippen LogP contribution < -0.4 is 20.3 Å². The van der Waals surface area contributed by atoms with Crippen LogP contribution in [0.4, 0.5) is 5.69 Å². The fourth-order valence-corrected chi connectivity index (χ4v) is 8.20. The van der Waals surface area contributed by atoms with Gasteiger partial charge in [-0.15, -0.1) is 11.3 Å². The van der Waals surface area contributed by atoms with Crippen molar-refractivity contribution < 1.29 is 33.7 Å². The summed E-state index contributed by atoms with van der Waals surface area (Å²) in [6.45, 7) is 11.0. The Bertz CT molecular complexity index is 2270. The Kier molecular flexibility index (Phi) is 15.7. The molecule has 0 bridgehead atoms. The van der Waals surface area contributed by atoms with Crippen molar-refractivity contribution in [1.29, 1.82) is 0 Å². The van der Waals surface area contributed by atoms with Gasteiger partial charge in [-0.05, 0) is 73.2 Å². The number of hydrogen-bond acceptors (Lipinski definition) is 11. The zero-order valence-electron chi connectivity index (χ0n) is 36.9. The van der Waals surface area contributed by atoms with E-state index in [0.717, 1.165) is 55.3 Å². The van der Waals surface area contributed by atoms with Crippen molar-refractivity contribution in [2.24, 2.45) is 5.41 Å². The van der Waals surface area contributed by atoms with Crippen molar-refractivity contribution in [3.63, 3.8) is 0 Å². The van der Waals surface area contributed by atoms with E-state index >= 15 is 0 Å². The molecule has 330 valence electrons. The molecule has 13 nitrogen and oxygen atoms in total. The molecule has 6 rings (SSSR count). The summed E-state index contributed by atoms with van der Waals surface area (Å²) >= 11 is 1.58. The second-order valence-corrected chi connectivity index (χ2v) is 17.9. The fourth-order valence-electron chi connectivity index (χ4n) is 7.38. The van der Waals surface area contributed by atoms with E-state index in [1.54, 1.807) is 11.3 Å². The lowest BCUT2D eigenvalue weighted by Crippen LogP contribution is -2.58. The number of fused-ring (bicyclic) bond motifs is 1. The summed E-state index contributed by atoms with van der Waals surface area (Å²) in [6, 6.07) is 24.1. The number of likely N-dealkylation sites (tertiary alicyclic amines) is 1. The number of rotatable bonds is 19. The molecule has 14 heteroatoms. The number of carbonyl (C=O) groups excluding carboxylic acids is 3. The molecular weight excluding hydrogens is 805 g/mol. The molecule has 0 radical (unpaired) electrons. The quantitative estimate of drug-likeness (QED) is 0.0743. The van der Waals surface area contributed by atoms with Crippen LogP contribution in [0.15, 0.2) is 84.4 Å². The number of amides is 3. The number of aliphatic hydroxyl groups is 1. The molecule has 1 saturated heterocycles. The first-order valence-electron chi connectivity index (χ1n) is 21.2. The number of nitrogens with one attached hydrogen (secondary N) is 2. The highest BCUT2D eigenvalue weighted by Crippen LogP contribution is 2.30. The van der Waals surface area contributed by atoms with Gasteiger partial charge >= 0.3 is 0 Å². The van der Waals surface area contributed by atoms with E-state index in [0.29, 0.717) is 39.3 Å². The van der Waals surface area contributed by atoms with Crippen molar-refractivity contribution >= 4 is 45.6 Å². The van der Waals surface area contributed by atoms with Gasteiger partial charge in [0.2, 0.25) is 17.7 Å². The van der Waals surface area contributed by atoms with Crippen LogP contribution >= 0.6 is 11.3 Å². The summed E-state index contributed by atoms with van der Waals surface area (Å²) in [5, 5.41) is 17.5.